The summed E-state index contributed by atoms with van der Waals surface area (Å²) in [4.78, 5) is 34.8. The van der Waals surface area contributed by atoms with Crippen LogP contribution in [-0.2, 0) is 9.53 Å². The second kappa shape index (κ2) is 10.6. The fraction of sp³-hybridized carbons (Fsp3) is 0.250. The van der Waals surface area contributed by atoms with Crippen molar-refractivity contribution >= 4 is 23.9 Å². The van der Waals surface area contributed by atoms with Crippen molar-refractivity contribution in [3.63, 3.8) is 0 Å². The van der Waals surface area contributed by atoms with Gasteiger partial charge in [-0.05, 0) is 43.3 Å². The third-order valence-electron chi connectivity index (χ3n) is 4.89. The van der Waals surface area contributed by atoms with Crippen LogP contribution in [0.2, 0.25) is 0 Å². The van der Waals surface area contributed by atoms with Gasteiger partial charge < -0.3 is 19.1 Å². The Bertz CT molecular complexity index is 1100. The smallest absolute Gasteiger partial charge is 0.417 e. The lowest BCUT2D eigenvalue weighted by atomic mass is 10.2. The summed E-state index contributed by atoms with van der Waals surface area (Å²) in [5, 5.41) is 2.66. The molecule has 1 fully saturated rings. The maximum absolute atomic E-state index is 12.1. The first-order chi connectivity index (χ1) is 16.2. The Kier molecular flexibility index (Phi) is 7.11. The minimum absolute atomic E-state index is 0.0610. The Morgan fingerprint density at radius 3 is 2.48 bits per heavy atom. The van der Waals surface area contributed by atoms with Crippen LogP contribution < -0.4 is 19.7 Å². The summed E-state index contributed by atoms with van der Waals surface area (Å²) in [6.07, 6.45) is 1.27. The van der Waals surface area contributed by atoms with Crippen molar-refractivity contribution in [1.82, 2.24) is 9.97 Å². The molecular formula is C24H23N4O5. The molecule has 3 aromatic rings. The summed E-state index contributed by atoms with van der Waals surface area (Å²) in [6, 6.07) is 15.7. The lowest BCUT2D eigenvalue weighted by Gasteiger charge is -2.29. The zero-order chi connectivity index (χ0) is 23.0. The van der Waals surface area contributed by atoms with Crippen LogP contribution in [0, 0.1) is 0 Å². The summed E-state index contributed by atoms with van der Waals surface area (Å²) in [5.74, 6) is 1.55. The fourth-order valence-corrected chi connectivity index (χ4v) is 3.35. The van der Waals surface area contributed by atoms with Crippen LogP contribution in [0.15, 0.2) is 54.6 Å². The quantitative estimate of drug-likeness (QED) is 0.588. The molecule has 9 heteroatoms. The number of para-hydroxylation sites is 1. The number of carbonyl (C=O) groups is 1. The molecule has 0 spiro atoms. The van der Waals surface area contributed by atoms with Gasteiger partial charge in [0.2, 0.25) is 0 Å². The van der Waals surface area contributed by atoms with E-state index < -0.39 is 6.09 Å². The van der Waals surface area contributed by atoms with Gasteiger partial charge in [-0.25, -0.2) is 14.8 Å². The number of hydrogen-bond acceptors (Lipinski definition) is 8. The van der Waals surface area contributed by atoms with Crippen molar-refractivity contribution in [2.45, 2.75) is 6.92 Å². The highest BCUT2D eigenvalue weighted by molar-refractivity contribution is 5.86. The number of nitrogens with one attached hydrogen (secondary N) is 1. The Morgan fingerprint density at radius 2 is 1.82 bits per heavy atom. The van der Waals surface area contributed by atoms with Crippen LogP contribution in [0.3, 0.4) is 0 Å². The molecule has 1 saturated heterocycles. The first-order valence-electron chi connectivity index (χ1n) is 10.6. The topological polar surface area (TPSA) is 103 Å². The second-order valence-corrected chi connectivity index (χ2v) is 7.09. The summed E-state index contributed by atoms with van der Waals surface area (Å²) < 4.78 is 16.4. The first kappa shape index (κ1) is 22.2. The van der Waals surface area contributed by atoms with Gasteiger partial charge in [0.25, 0.3) is 6.29 Å². The minimum atomic E-state index is -0.598. The summed E-state index contributed by atoms with van der Waals surface area (Å²) in [5.41, 5.74) is 1.35. The van der Waals surface area contributed by atoms with Gasteiger partial charge in [0, 0.05) is 24.3 Å². The number of hydrogen-bond donors (Lipinski definition) is 1. The van der Waals surface area contributed by atoms with E-state index in [2.05, 4.69) is 15.3 Å². The van der Waals surface area contributed by atoms with Crippen LogP contribution in [0.25, 0.3) is 11.4 Å². The molecule has 0 unspecified atom stereocenters. The molecule has 169 valence electrons. The Morgan fingerprint density at radius 1 is 1.09 bits per heavy atom. The van der Waals surface area contributed by atoms with Gasteiger partial charge in [0.05, 0.1) is 19.8 Å². The maximum Gasteiger partial charge on any atom is 0.417 e. The fourth-order valence-electron chi connectivity index (χ4n) is 3.35. The SMILES string of the molecule is CCOc1c([C]=O)nc(-c2ccc(OC(=O)Nc3ccccc3)cc2)nc1N1CCOCC1. The largest absolute Gasteiger partial charge is 0.488 e. The molecule has 4 rings (SSSR count). The minimum Gasteiger partial charge on any atom is -0.488 e. The number of rotatable bonds is 7. The molecule has 1 aromatic heterocycles. The number of carbonyl (C=O) groups excluding carboxylic acids is 2. The molecule has 0 aliphatic carbocycles. The summed E-state index contributed by atoms with van der Waals surface area (Å²) in [7, 11) is 0. The van der Waals surface area contributed by atoms with E-state index in [1.165, 1.54) is 0 Å². The van der Waals surface area contributed by atoms with Crippen LogP contribution in [-0.4, -0.2) is 55.3 Å². The molecule has 1 amide bonds. The maximum atomic E-state index is 12.1. The molecule has 1 aliphatic rings. The lowest BCUT2D eigenvalue weighted by Crippen LogP contribution is -2.37. The van der Waals surface area contributed by atoms with Crippen LogP contribution in [0.1, 0.15) is 12.6 Å². The van der Waals surface area contributed by atoms with Gasteiger partial charge in [-0.2, -0.15) is 0 Å². The van der Waals surface area contributed by atoms with E-state index in [-0.39, 0.29) is 5.69 Å². The molecule has 9 nitrogen and oxygen atoms in total. The highest BCUT2D eigenvalue weighted by atomic mass is 16.6. The van der Waals surface area contributed by atoms with E-state index in [1.807, 2.05) is 36.3 Å². The number of morpholine rings is 1. The van der Waals surface area contributed by atoms with Crippen LogP contribution in [0.5, 0.6) is 11.5 Å². The van der Waals surface area contributed by atoms with Gasteiger partial charge in [-0.15, -0.1) is 0 Å². The third-order valence-corrected chi connectivity index (χ3v) is 4.89. The van der Waals surface area contributed by atoms with Crippen molar-refractivity contribution < 1.29 is 23.8 Å². The standard InChI is InChI=1S/C24H23N4O5/c1-2-32-21-20(16-29)26-22(27-23(21)28-12-14-31-15-13-28)17-8-10-19(11-9-17)33-24(30)25-18-6-4-3-5-7-18/h3-11H,2,12-15H2,1H3,(H,25,30). The Hall–Kier alpha value is -3.98. The average Bonchev–Trinajstić information content (AvgIpc) is 2.86. The highest BCUT2D eigenvalue weighted by Crippen LogP contribution is 2.32. The third kappa shape index (κ3) is 5.45. The Balaban J connectivity index is 1.56. The number of aromatic nitrogens is 2. The van der Waals surface area contributed by atoms with Crippen molar-refractivity contribution in [1.29, 1.82) is 0 Å². The predicted molar refractivity (Wildman–Crippen MR) is 123 cm³/mol. The lowest BCUT2D eigenvalue weighted by molar-refractivity contribution is 0.122. The van der Waals surface area contributed by atoms with Crippen LogP contribution in [0.4, 0.5) is 16.3 Å². The van der Waals surface area contributed by atoms with Gasteiger partial charge in [0.15, 0.2) is 23.1 Å². The number of amides is 1. The van der Waals surface area contributed by atoms with Gasteiger partial charge in [0.1, 0.15) is 5.75 Å². The van der Waals surface area contributed by atoms with Gasteiger partial charge >= 0.3 is 6.09 Å². The molecule has 0 atom stereocenters. The highest BCUT2D eigenvalue weighted by Gasteiger charge is 2.23. The van der Waals surface area contributed by atoms with E-state index in [1.54, 1.807) is 36.4 Å². The van der Waals surface area contributed by atoms with E-state index >= 15 is 0 Å². The van der Waals surface area contributed by atoms with Gasteiger partial charge in [-0.1, -0.05) is 18.2 Å². The van der Waals surface area contributed by atoms with E-state index in [4.69, 9.17) is 14.2 Å². The molecule has 2 aromatic carbocycles. The first-order valence-corrected chi connectivity index (χ1v) is 10.6. The van der Waals surface area contributed by atoms with Crippen molar-refractivity contribution in [2.24, 2.45) is 0 Å². The summed E-state index contributed by atoms with van der Waals surface area (Å²) >= 11 is 0. The van der Waals surface area contributed by atoms with Crippen molar-refractivity contribution in [3.8, 4) is 22.9 Å². The number of nitrogens with zero attached hydrogens (tertiary/aromatic N) is 3. The molecule has 1 N–H and O–H groups in total. The number of anilines is 2. The molecule has 2 heterocycles. The van der Waals surface area contributed by atoms with Crippen LogP contribution >= 0.6 is 0 Å². The van der Waals surface area contributed by atoms with Crippen molar-refractivity contribution in [3.05, 3.63) is 60.3 Å². The van der Waals surface area contributed by atoms with E-state index in [9.17, 15) is 9.59 Å². The molecule has 33 heavy (non-hydrogen) atoms. The van der Waals surface area contributed by atoms with E-state index in [0.29, 0.717) is 67.3 Å². The number of ether oxygens (including phenoxy) is 3. The molecule has 0 saturated carbocycles. The normalized spacial score (nSPS) is 13.3. The van der Waals surface area contributed by atoms with Gasteiger partial charge in [-0.3, -0.25) is 10.1 Å². The second-order valence-electron chi connectivity index (χ2n) is 7.09. The zero-order valence-electron chi connectivity index (χ0n) is 18.1. The van der Waals surface area contributed by atoms with Crippen molar-refractivity contribution in [2.75, 3.05) is 43.1 Å². The zero-order valence-corrected chi connectivity index (χ0v) is 18.1. The summed E-state index contributed by atoms with van der Waals surface area (Å²) in [6.45, 7) is 4.56. The molecular weight excluding hydrogens is 424 g/mol. The Labute approximate surface area is 191 Å². The molecule has 1 aliphatic heterocycles. The molecule has 1 radical (unpaired) electrons. The van der Waals surface area contributed by atoms with E-state index in [0.717, 1.165) is 0 Å². The number of benzene rings is 2. The average molecular weight is 447 g/mol. The monoisotopic (exact) mass is 447 g/mol. The predicted octanol–water partition coefficient (Wildman–Crippen LogP) is 3.45. The molecule has 0 bridgehead atoms.